The summed E-state index contributed by atoms with van der Waals surface area (Å²) in [6.45, 7) is 3.40. The van der Waals surface area contributed by atoms with Crippen molar-refractivity contribution in [2.75, 3.05) is 5.32 Å². The van der Waals surface area contributed by atoms with Crippen LogP contribution in [0.25, 0.3) is 0 Å². The Hall–Kier alpha value is -3.35. The van der Waals surface area contributed by atoms with Crippen LogP contribution in [0.2, 0.25) is 0 Å². The molecule has 2 fully saturated rings. The van der Waals surface area contributed by atoms with Gasteiger partial charge in [-0.3, -0.25) is 9.48 Å². The number of nitrogens with one attached hydrogen (secondary N) is 1. The molecule has 0 amide bonds. The van der Waals surface area contributed by atoms with Crippen LogP contribution in [0.5, 0.6) is 11.5 Å². The zero-order valence-corrected chi connectivity index (χ0v) is 19.1. The lowest BCUT2D eigenvalue weighted by Gasteiger charge is -2.20. The third-order valence-corrected chi connectivity index (χ3v) is 6.74. The Kier molecular flexibility index (Phi) is 5.56. The normalized spacial score (nSPS) is 16.7. The topological polar surface area (TPSA) is 89.3 Å². The number of benzene rings is 1. The van der Waals surface area contributed by atoms with Crippen LogP contribution in [0.4, 0.5) is 11.5 Å². The minimum Gasteiger partial charge on any atom is -0.481 e. The van der Waals surface area contributed by atoms with Gasteiger partial charge in [-0.05, 0) is 63.3 Å². The number of ether oxygens (including phenoxy) is 1. The van der Waals surface area contributed by atoms with Crippen molar-refractivity contribution in [2.24, 2.45) is 0 Å². The Morgan fingerprint density at radius 1 is 1.15 bits per heavy atom. The smallest absolute Gasteiger partial charge is 0.313 e. The fourth-order valence-corrected chi connectivity index (χ4v) is 4.40. The SMILES string of the molecule is CC(C)(C(=O)O)c1cccc(Nc2cc(Oc3cn(C4CC4)nc3C3CCCC3)ccn2)c1. The van der Waals surface area contributed by atoms with Crippen LogP contribution in [-0.2, 0) is 10.2 Å². The van der Waals surface area contributed by atoms with E-state index in [-0.39, 0.29) is 0 Å². The molecule has 3 aromatic rings. The van der Waals surface area contributed by atoms with Gasteiger partial charge < -0.3 is 15.2 Å². The number of anilines is 2. The van der Waals surface area contributed by atoms with Gasteiger partial charge in [0.25, 0.3) is 0 Å². The molecule has 5 rings (SSSR count). The number of hydrogen-bond acceptors (Lipinski definition) is 5. The third kappa shape index (κ3) is 4.58. The van der Waals surface area contributed by atoms with Gasteiger partial charge in [-0.2, -0.15) is 5.10 Å². The van der Waals surface area contributed by atoms with Gasteiger partial charge in [-0.1, -0.05) is 25.0 Å². The standard InChI is InChI=1S/C26H30N4O3/c1-26(2,25(31)32)18-8-5-9-19(14-18)28-23-15-21(12-13-27-23)33-22-16-30(20-10-11-20)29-24(22)17-6-3-4-7-17/h5,8-9,12-17,20H,3-4,6-7,10-11H2,1-2H3,(H,27,28)(H,31,32). The second-order valence-corrected chi connectivity index (χ2v) is 9.69. The lowest BCUT2D eigenvalue weighted by atomic mass is 9.84. The van der Waals surface area contributed by atoms with E-state index in [1.165, 1.54) is 38.5 Å². The first-order chi connectivity index (χ1) is 15.9. The molecule has 172 valence electrons. The van der Waals surface area contributed by atoms with E-state index in [1.807, 2.05) is 36.4 Å². The Balaban J connectivity index is 1.36. The highest BCUT2D eigenvalue weighted by molar-refractivity contribution is 5.81. The molecule has 0 saturated heterocycles. The second kappa shape index (κ2) is 8.54. The van der Waals surface area contributed by atoms with Gasteiger partial charge >= 0.3 is 5.97 Å². The van der Waals surface area contributed by atoms with Crippen molar-refractivity contribution in [2.45, 2.75) is 69.7 Å². The van der Waals surface area contributed by atoms with E-state index in [9.17, 15) is 9.90 Å². The first kappa shape index (κ1) is 21.5. The molecule has 7 heteroatoms. The molecule has 2 saturated carbocycles. The van der Waals surface area contributed by atoms with E-state index >= 15 is 0 Å². The fraction of sp³-hybridized carbons (Fsp3) is 0.423. The predicted octanol–water partition coefficient (Wildman–Crippen LogP) is 6.17. The quantitative estimate of drug-likeness (QED) is 0.430. The molecule has 0 bridgehead atoms. The van der Waals surface area contributed by atoms with Gasteiger partial charge in [-0.25, -0.2) is 4.98 Å². The summed E-state index contributed by atoms with van der Waals surface area (Å²) in [4.78, 5) is 16.0. The molecular weight excluding hydrogens is 416 g/mol. The molecule has 33 heavy (non-hydrogen) atoms. The Bertz CT molecular complexity index is 1160. The first-order valence-electron chi connectivity index (χ1n) is 11.7. The molecule has 0 radical (unpaired) electrons. The Morgan fingerprint density at radius 3 is 2.67 bits per heavy atom. The molecule has 0 aliphatic heterocycles. The highest BCUT2D eigenvalue weighted by atomic mass is 16.5. The third-order valence-electron chi connectivity index (χ3n) is 6.74. The van der Waals surface area contributed by atoms with Crippen LogP contribution in [-0.4, -0.2) is 25.8 Å². The monoisotopic (exact) mass is 446 g/mol. The summed E-state index contributed by atoms with van der Waals surface area (Å²) in [5.41, 5.74) is 1.60. The van der Waals surface area contributed by atoms with E-state index in [4.69, 9.17) is 9.84 Å². The van der Waals surface area contributed by atoms with Crippen molar-refractivity contribution < 1.29 is 14.6 Å². The number of carboxylic acid groups (broad SMARTS) is 1. The second-order valence-electron chi connectivity index (χ2n) is 9.69. The minimum absolute atomic E-state index is 0.472. The number of nitrogens with zero attached hydrogens (tertiary/aromatic N) is 3. The molecule has 2 heterocycles. The average Bonchev–Trinajstić information content (AvgIpc) is 3.34. The molecule has 0 atom stereocenters. The molecule has 0 unspecified atom stereocenters. The number of hydrogen-bond donors (Lipinski definition) is 2. The van der Waals surface area contributed by atoms with Crippen LogP contribution < -0.4 is 10.1 Å². The van der Waals surface area contributed by atoms with Gasteiger partial charge in [0.1, 0.15) is 17.3 Å². The molecular formula is C26H30N4O3. The molecule has 2 aliphatic rings. The lowest BCUT2D eigenvalue weighted by molar-refractivity contribution is -0.142. The maximum Gasteiger partial charge on any atom is 0.313 e. The van der Waals surface area contributed by atoms with Crippen LogP contribution >= 0.6 is 0 Å². The summed E-state index contributed by atoms with van der Waals surface area (Å²) < 4.78 is 8.41. The summed E-state index contributed by atoms with van der Waals surface area (Å²) in [5, 5.41) is 17.7. The Labute approximate surface area is 193 Å². The van der Waals surface area contributed by atoms with Crippen molar-refractivity contribution in [1.82, 2.24) is 14.8 Å². The number of aromatic nitrogens is 3. The summed E-state index contributed by atoms with van der Waals surface area (Å²) >= 11 is 0. The van der Waals surface area contributed by atoms with E-state index < -0.39 is 11.4 Å². The largest absolute Gasteiger partial charge is 0.481 e. The van der Waals surface area contributed by atoms with Gasteiger partial charge in [0.05, 0.1) is 17.7 Å². The Morgan fingerprint density at radius 2 is 1.94 bits per heavy atom. The number of aliphatic carboxylic acids is 1. The number of pyridine rings is 1. The molecule has 2 aliphatic carbocycles. The molecule has 2 N–H and O–H groups in total. The van der Waals surface area contributed by atoms with Crippen molar-refractivity contribution in [3.8, 4) is 11.5 Å². The summed E-state index contributed by atoms with van der Waals surface area (Å²) in [6.07, 6.45) is 11.0. The highest BCUT2D eigenvalue weighted by Gasteiger charge is 2.31. The minimum atomic E-state index is -0.978. The van der Waals surface area contributed by atoms with Crippen molar-refractivity contribution in [3.05, 3.63) is 60.0 Å². The fourth-order valence-electron chi connectivity index (χ4n) is 4.40. The highest BCUT2D eigenvalue weighted by Crippen LogP contribution is 2.42. The first-order valence-corrected chi connectivity index (χ1v) is 11.7. The summed E-state index contributed by atoms with van der Waals surface area (Å²) in [7, 11) is 0. The summed E-state index contributed by atoms with van der Waals surface area (Å²) in [5.74, 6) is 1.78. The van der Waals surface area contributed by atoms with Crippen molar-refractivity contribution >= 4 is 17.5 Å². The van der Waals surface area contributed by atoms with Crippen LogP contribution in [0, 0.1) is 0 Å². The maximum atomic E-state index is 11.6. The maximum absolute atomic E-state index is 11.6. The van der Waals surface area contributed by atoms with Gasteiger partial charge in [0.2, 0.25) is 0 Å². The lowest BCUT2D eigenvalue weighted by Crippen LogP contribution is -2.28. The molecule has 2 aromatic heterocycles. The number of carboxylic acids is 1. The molecule has 7 nitrogen and oxygen atoms in total. The van der Waals surface area contributed by atoms with E-state index in [2.05, 4.69) is 21.2 Å². The average molecular weight is 447 g/mol. The number of rotatable bonds is 8. The molecule has 1 aromatic carbocycles. The van der Waals surface area contributed by atoms with Crippen molar-refractivity contribution in [1.29, 1.82) is 0 Å². The number of carbonyl (C=O) groups is 1. The van der Waals surface area contributed by atoms with Gasteiger partial charge in [0, 0.05) is 23.9 Å². The molecule has 0 spiro atoms. The van der Waals surface area contributed by atoms with Crippen LogP contribution in [0.1, 0.15) is 75.6 Å². The summed E-state index contributed by atoms with van der Waals surface area (Å²) in [6, 6.07) is 11.6. The van der Waals surface area contributed by atoms with E-state index in [0.717, 1.165) is 22.7 Å². The van der Waals surface area contributed by atoms with Crippen LogP contribution in [0.3, 0.4) is 0 Å². The zero-order valence-electron chi connectivity index (χ0n) is 19.1. The van der Waals surface area contributed by atoms with Crippen LogP contribution in [0.15, 0.2) is 48.8 Å². The predicted molar refractivity (Wildman–Crippen MR) is 126 cm³/mol. The van der Waals surface area contributed by atoms with Gasteiger partial charge in [0.15, 0.2) is 5.75 Å². The van der Waals surface area contributed by atoms with E-state index in [0.29, 0.717) is 23.5 Å². The van der Waals surface area contributed by atoms with Gasteiger partial charge in [-0.15, -0.1) is 0 Å². The van der Waals surface area contributed by atoms with Crippen molar-refractivity contribution in [3.63, 3.8) is 0 Å². The zero-order chi connectivity index (χ0) is 23.0. The van der Waals surface area contributed by atoms with E-state index in [1.54, 1.807) is 20.0 Å².